The van der Waals surface area contributed by atoms with E-state index in [-0.39, 0.29) is 6.42 Å². The zero-order valence-electron chi connectivity index (χ0n) is 17.6. The Morgan fingerprint density at radius 1 is 1.24 bits per heavy atom. The first-order chi connectivity index (χ1) is 13.7. The molecular formula is C23H30N3O2S+. The predicted molar refractivity (Wildman–Crippen MR) is 120 cm³/mol. The van der Waals surface area contributed by atoms with Crippen LogP contribution in [0.2, 0.25) is 0 Å². The van der Waals surface area contributed by atoms with Crippen molar-refractivity contribution < 1.29 is 14.4 Å². The van der Waals surface area contributed by atoms with Crippen molar-refractivity contribution >= 4 is 29.5 Å². The number of nitrogens with one attached hydrogen (secondary N) is 2. The van der Waals surface area contributed by atoms with Gasteiger partial charge in [0, 0.05) is 22.8 Å². The number of hydrogen-bond acceptors (Lipinski definition) is 2. The van der Waals surface area contributed by atoms with E-state index >= 15 is 0 Å². The van der Waals surface area contributed by atoms with E-state index < -0.39 is 5.97 Å². The topological polar surface area (TPSA) is 68.9 Å². The molecule has 154 valence electrons. The maximum absolute atomic E-state index is 10.8. The summed E-state index contributed by atoms with van der Waals surface area (Å²) < 4.78 is 0.958. The molecule has 0 spiro atoms. The summed E-state index contributed by atoms with van der Waals surface area (Å²) in [6.45, 7) is 3.16. The number of rotatable bonds is 8. The second-order valence-electron chi connectivity index (χ2n) is 8.48. The number of aromatic nitrogens is 2. The second kappa shape index (κ2) is 8.84. The van der Waals surface area contributed by atoms with Gasteiger partial charge in [0.15, 0.2) is 0 Å². The van der Waals surface area contributed by atoms with Gasteiger partial charge in [-0.05, 0) is 60.2 Å². The van der Waals surface area contributed by atoms with Crippen LogP contribution in [0.5, 0.6) is 0 Å². The van der Waals surface area contributed by atoms with E-state index in [0.717, 1.165) is 51.5 Å². The van der Waals surface area contributed by atoms with Crippen LogP contribution in [-0.2, 0) is 11.2 Å². The van der Waals surface area contributed by atoms with E-state index in [1.807, 2.05) is 13.0 Å². The van der Waals surface area contributed by atoms with Gasteiger partial charge in [0.1, 0.15) is 0 Å². The number of carbonyl (C=O) groups is 1. The summed E-state index contributed by atoms with van der Waals surface area (Å²) in [7, 11) is 6.66. The molecule has 0 saturated carbocycles. The molecule has 0 aliphatic carbocycles. The van der Waals surface area contributed by atoms with Crippen LogP contribution >= 0.6 is 11.3 Å². The highest BCUT2D eigenvalue weighted by Gasteiger charge is 2.12. The van der Waals surface area contributed by atoms with Crippen molar-refractivity contribution in [2.75, 3.05) is 27.7 Å². The van der Waals surface area contributed by atoms with Crippen molar-refractivity contribution in [3.05, 3.63) is 57.2 Å². The van der Waals surface area contributed by atoms with Gasteiger partial charge in [-0.25, -0.2) is 0 Å². The molecule has 0 amide bonds. The molecule has 6 heteroatoms. The van der Waals surface area contributed by atoms with Crippen LogP contribution in [0, 0.1) is 6.92 Å². The maximum Gasteiger partial charge on any atom is 0.307 e. The van der Waals surface area contributed by atoms with Crippen LogP contribution in [0.4, 0.5) is 0 Å². The van der Waals surface area contributed by atoms with Gasteiger partial charge >= 0.3 is 5.97 Å². The van der Waals surface area contributed by atoms with Crippen molar-refractivity contribution in [3.63, 3.8) is 0 Å². The van der Waals surface area contributed by atoms with Gasteiger partial charge in [-0.1, -0.05) is 6.07 Å². The summed E-state index contributed by atoms with van der Waals surface area (Å²) in [6, 6.07) is 8.47. The number of carboxylic acids is 1. The van der Waals surface area contributed by atoms with Crippen molar-refractivity contribution in [1.29, 1.82) is 0 Å². The summed E-state index contributed by atoms with van der Waals surface area (Å²) in [4.78, 5) is 19.0. The monoisotopic (exact) mass is 412 g/mol. The minimum absolute atomic E-state index is 0.0146. The van der Waals surface area contributed by atoms with Crippen LogP contribution in [0.3, 0.4) is 0 Å². The number of hydrogen-bond donors (Lipinski definition) is 3. The fraction of sp³-hybridized carbons (Fsp3) is 0.348. The molecule has 0 aromatic carbocycles. The number of carboxylic acid groups (broad SMARTS) is 1. The summed E-state index contributed by atoms with van der Waals surface area (Å²) in [6.07, 6.45) is 6.00. The third-order valence-corrected chi connectivity index (χ3v) is 5.76. The molecule has 0 saturated heterocycles. The maximum atomic E-state index is 10.8. The zero-order valence-corrected chi connectivity index (χ0v) is 18.4. The fourth-order valence-electron chi connectivity index (χ4n) is 3.36. The molecule has 3 aromatic rings. The Hall–Kier alpha value is -2.57. The van der Waals surface area contributed by atoms with Gasteiger partial charge in [0.05, 0.1) is 44.7 Å². The van der Waals surface area contributed by atoms with Crippen LogP contribution in [0.1, 0.15) is 29.7 Å². The van der Waals surface area contributed by atoms with Gasteiger partial charge in [-0.3, -0.25) is 4.79 Å². The third-order valence-electron chi connectivity index (χ3n) is 4.86. The second-order valence-corrected chi connectivity index (χ2v) is 9.43. The molecule has 3 aromatic heterocycles. The quantitative estimate of drug-likeness (QED) is 0.498. The summed E-state index contributed by atoms with van der Waals surface area (Å²) >= 11 is 1.73. The standard InChI is InChI=1S/C23H29N3O2S/c1-16-13-18(9-10-23(27)28)24-19(16)15-20-17(7-5-11-26(2,3)4)14-21(25-20)22-8-6-12-29-22/h6,8-9,12-15,24-25H,5,7,10-11H2,1-4H3/p+1/b18-9+,19-15-. The number of aliphatic carboxylic acids is 1. The Bertz CT molecular complexity index is 1080. The van der Waals surface area contributed by atoms with E-state index in [9.17, 15) is 4.79 Å². The van der Waals surface area contributed by atoms with E-state index in [0.29, 0.717) is 0 Å². The molecule has 3 heterocycles. The highest BCUT2D eigenvalue weighted by atomic mass is 32.1. The van der Waals surface area contributed by atoms with Crippen LogP contribution in [0.15, 0.2) is 29.6 Å². The molecule has 3 N–H and O–H groups in total. The Kier molecular flexibility index (Phi) is 6.45. The Morgan fingerprint density at radius 3 is 2.69 bits per heavy atom. The van der Waals surface area contributed by atoms with Gasteiger partial charge in [-0.15, -0.1) is 11.3 Å². The minimum atomic E-state index is -0.827. The first-order valence-corrected chi connectivity index (χ1v) is 10.7. The van der Waals surface area contributed by atoms with E-state index in [4.69, 9.17) is 5.11 Å². The average molecular weight is 413 g/mol. The molecule has 0 bridgehead atoms. The summed E-state index contributed by atoms with van der Waals surface area (Å²) in [5.41, 5.74) is 4.68. The highest BCUT2D eigenvalue weighted by molar-refractivity contribution is 7.13. The van der Waals surface area contributed by atoms with Gasteiger partial charge in [0.25, 0.3) is 0 Å². The number of quaternary nitrogens is 1. The van der Waals surface area contributed by atoms with Crippen LogP contribution in [-0.4, -0.2) is 53.2 Å². The molecule has 29 heavy (non-hydrogen) atoms. The number of thiophene rings is 1. The van der Waals surface area contributed by atoms with Gasteiger partial charge in [0.2, 0.25) is 0 Å². The van der Waals surface area contributed by atoms with E-state index in [1.54, 1.807) is 17.4 Å². The molecule has 0 unspecified atom stereocenters. The molecule has 5 nitrogen and oxygen atoms in total. The lowest BCUT2D eigenvalue weighted by molar-refractivity contribution is -0.870. The number of H-pyrrole nitrogens is 2. The molecular weight excluding hydrogens is 382 g/mol. The smallest absolute Gasteiger partial charge is 0.307 e. The van der Waals surface area contributed by atoms with Gasteiger partial charge in [-0.2, -0.15) is 0 Å². The number of aromatic amines is 2. The van der Waals surface area contributed by atoms with Crippen molar-refractivity contribution in [2.24, 2.45) is 0 Å². The normalized spacial score (nSPS) is 13.4. The summed E-state index contributed by atoms with van der Waals surface area (Å²) in [5, 5.41) is 12.8. The molecule has 3 rings (SSSR count). The fourth-order valence-corrected chi connectivity index (χ4v) is 4.06. The first kappa shape index (κ1) is 21.1. The van der Waals surface area contributed by atoms with Gasteiger partial charge < -0.3 is 19.6 Å². The molecule has 0 aliphatic heterocycles. The van der Waals surface area contributed by atoms with Crippen LogP contribution in [0.25, 0.3) is 22.7 Å². The SMILES string of the molecule is Cc1c/c(=C\CC(=O)O)[nH]/c1=C\c1[nH]c(-c2cccs2)cc1CCC[N+](C)(C)C. The largest absolute Gasteiger partial charge is 0.481 e. The number of nitrogens with zero attached hydrogens (tertiary/aromatic N) is 1. The molecule has 0 fully saturated rings. The zero-order chi connectivity index (χ0) is 21.0. The minimum Gasteiger partial charge on any atom is -0.481 e. The molecule has 0 radical (unpaired) electrons. The lowest BCUT2D eigenvalue weighted by Gasteiger charge is -2.23. The van der Waals surface area contributed by atoms with Crippen molar-refractivity contribution in [1.82, 2.24) is 9.97 Å². The summed E-state index contributed by atoms with van der Waals surface area (Å²) in [5.74, 6) is -0.827. The average Bonchev–Trinajstić information content (AvgIpc) is 3.34. The van der Waals surface area contributed by atoms with E-state index in [2.05, 4.69) is 60.8 Å². The highest BCUT2D eigenvalue weighted by Crippen LogP contribution is 2.27. The molecule has 0 aliphatic rings. The predicted octanol–water partition coefficient (Wildman–Crippen LogP) is 3.10. The first-order valence-electron chi connectivity index (χ1n) is 9.87. The Labute approximate surface area is 175 Å². The number of aryl methyl sites for hydroxylation is 2. The third kappa shape index (κ3) is 5.95. The Balaban J connectivity index is 1.95. The van der Waals surface area contributed by atoms with Crippen LogP contribution < -0.4 is 10.7 Å². The van der Waals surface area contributed by atoms with E-state index in [1.165, 1.54) is 10.4 Å². The lowest BCUT2D eigenvalue weighted by Crippen LogP contribution is -2.35. The molecule has 0 atom stereocenters. The van der Waals surface area contributed by atoms with Crippen molar-refractivity contribution in [2.45, 2.75) is 26.2 Å². The lowest BCUT2D eigenvalue weighted by atomic mass is 10.1. The Morgan fingerprint density at radius 2 is 2.03 bits per heavy atom. The van der Waals surface area contributed by atoms with Crippen molar-refractivity contribution in [3.8, 4) is 10.6 Å².